The van der Waals surface area contributed by atoms with Gasteiger partial charge in [0.1, 0.15) is 0 Å². The summed E-state index contributed by atoms with van der Waals surface area (Å²) in [4.78, 5) is 3.23. The third-order valence-electron chi connectivity index (χ3n) is 3.70. The van der Waals surface area contributed by atoms with Gasteiger partial charge >= 0.3 is 0 Å². The Labute approximate surface area is 151 Å². The van der Waals surface area contributed by atoms with Crippen LogP contribution in [0.15, 0.2) is 64.3 Å². The fraction of sp³-hybridized carbons (Fsp3) is 0. The molecule has 0 atom stereocenters. The average molecular weight is 398 g/mol. The predicted octanol–water partition coefficient (Wildman–Crippen LogP) is 4.73. The fourth-order valence-corrected chi connectivity index (χ4v) is 3.18. The van der Waals surface area contributed by atoms with Gasteiger partial charge in [0.2, 0.25) is 4.77 Å². The van der Waals surface area contributed by atoms with Gasteiger partial charge < -0.3 is 4.98 Å². The lowest BCUT2D eigenvalue weighted by Crippen LogP contribution is -1.95. The SMILES string of the molecule is S=c1[nH]nc(-c2ccccc2Br)n1/N=C\c1c[nH]c2ccccc12. The smallest absolute Gasteiger partial charge is 0.216 e. The minimum atomic E-state index is 0.442. The molecule has 0 saturated heterocycles. The zero-order valence-corrected chi connectivity index (χ0v) is 14.8. The highest BCUT2D eigenvalue weighted by molar-refractivity contribution is 9.10. The van der Waals surface area contributed by atoms with E-state index in [1.54, 1.807) is 10.9 Å². The minimum Gasteiger partial charge on any atom is -0.361 e. The number of nitrogens with zero attached hydrogens (tertiary/aromatic N) is 3. The second kappa shape index (κ2) is 6.18. The van der Waals surface area contributed by atoms with E-state index in [2.05, 4.69) is 42.3 Å². The molecule has 0 amide bonds. The lowest BCUT2D eigenvalue weighted by molar-refractivity contribution is 0.871. The number of halogens is 1. The number of nitrogens with one attached hydrogen (secondary N) is 2. The highest BCUT2D eigenvalue weighted by Crippen LogP contribution is 2.26. The molecule has 0 saturated carbocycles. The molecule has 0 spiro atoms. The van der Waals surface area contributed by atoms with Crippen LogP contribution >= 0.6 is 28.1 Å². The van der Waals surface area contributed by atoms with Crippen LogP contribution in [-0.4, -0.2) is 26.1 Å². The number of para-hydroxylation sites is 1. The highest BCUT2D eigenvalue weighted by Gasteiger charge is 2.11. The van der Waals surface area contributed by atoms with Gasteiger partial charge in [0, 0.05) is 32.7 Å². The molecule has 0 radical (unpaired) electrons. The number of fused-ring (bicyclic) bond motifs is 1. The fourth-order valence-electron chi connectivity index (χ4n) is 2.54. The largest absolute Gasteiger partial charge is 0.361 e. The highest BCUT2D eigenvalue weighted by atomic mass is 79.9. The maximum absolute atomic E-state index is 5.31. The van der Waals surface area contributed by atoms with Crippen LogP contribution in [0.4, 0.5) is 0 Å². The van der Waals surface area contributed by atoms with Crippen molar-refractivity contribution in [1.29, 1.82) is 0 Å². The summed E-state index contributed by atoms with van der Waals surface area (Å²) < 4.78 is 3.00. The van der Waals surface area contributed by atoms with Gasteiger partial charge in [-0.25, -0.2) is 5.10 Å². The summed E-state index contributed by atoms with van der Waals surface area (Å²) in [7, 11) is 0. The summed E-state index contributed by atoms with van der Waals surface area (Å²) in [6.45, 7) is 0. The van der Waals surface area contributed by atoms with Crippen molar-refractivity contribution >= 4 is 45.3 Å². The van der Waals surface area contributed by atoms with Crippen molar-refractivity contribution in [3.63, 3.8) is 0 Å². The van der Waals surface area contributed by atoms with Crippen LogP contribution in [-0.2, 0) is 0 Å². The average Bonchev–Trinajstić information content (AvgIpc) is 3.17. The van der Waals surface area contributed by atoms with E-state index >= 15 is 0 Å². The Balaban J connectivity index is 1.80. The van der Waals surface area contributed by atoms with Crippen molar-refractivity contribution in [2.75, 3.05) is 0 Å². The zero-order valence-electron chi connectivity index (χ0n) is 12.4. The van der Waals surface area contributed by atoms with Gasteiger partial charge in [-0.1, -0.05) is 46.3 Å². The Bertz CT molecular complexity index is 1110. The molecule has 0 aliphatic carbocycles. The van der Waals surface area contributed by atoms with Crippen LogP contribution in [0, 0.1) is 4.77 Å². The van der Waals surface area contributed by atoms with E-state index in [1.807, 2.05) is 48.7 Å². The molecule has 118 valence electrons. The molecule has 0 aliphatic rings. The van der Waals surface area contributed by atoms with Crippen molar-refractivity contribution in [1.82, 2.24) is 19.9 Å². The number of aromatic nitrogens is 4. The second-order valence-corrected chi connectivity index (χ2v) is 6.42. The Hall–Kier alpha value is -2.51. The quantitative estimate of drug-likeness (QED) is 0.387. The molecule has 0 aliphatic heterocycles. The van der Waals surface area contributed by atoms with E-state index in [1.165, 1.54) is 0 Å². The maximum atomic E-state index is 5.31. The van der Waals surface area contributed by atoms with Gasteiger partial charge in [0.25, 0.3) is 0 Å². The number of hydrogen-bond acceptors (Lipinski definition) is 3. The topological polar surface area (TPSA) is 61.8 Å². The van der Waals surface area contributed by atoms with Gasteiger partial charge in [-0.05, 0) is 30.4 Å². The molecular weight excluding hydrogens is 386 g/mol. The van der Waals surface area contributed by atoms with Gasteiger partial charge in [0.05, 0.1) is 6.21 Å². The van der Waals surface area contributed by atoms with Gasteiger partial charge in [0.15, 0.2) is 5.82 Å². The van der Waals surface area contributed by atoms with Crippen LogP contribution < -0.4 is 0 Å². The summed E-state index contributed by atoms with van der Waals surface area (Å²) in [6, 6.07) is 15.9. The summed E-state index contributed by atoms with van der Waals surface area (Å²) in [5, 5.41) is 12.7. The normalized spacial score (nSPS) is 11.5. The van der Waals surface area contributed by atoms with Crippen molar-refractivity contribution in [2.45, 2.75) is 0 Å². The van der Waals surface area contributed by atoms with Crippen LogP contribution in [0.2, 0.25) is 0 Å². The summed E-state index contributed by atoms with van der Waals surface area (Å²) in [5.74, 6) is 0.656. The molecule has 2 heterocycles. The van der Waals surface area contributed by atoms with Crippen LogP contribution in [0.1, 0.15) is 5.56 Å². The first kappa shape index (κ1) is 15.0. The van der Waals surface area contributed by atoms with E-state index in [9.17, 15) is 0 Å². The molecular formula is C17H12BrN5S. The van der Waals surface area contributed by atoms with E-state index in [-0.39, 0.29) is 0 Å². The molecule has 0 fully saturated rings. The number of H-pyrrole nitrogens is 2. The van der Waals surface area contributed by atoms with Crippen molar-refractivity contribution in [3.8, 4) is 11.4 Å². The first-order valence-electron chi connectivity index (χ1n) is 7.27. The summed E-state index contributed by atoms with van der Waals surface area (Å²) in [6.07, 6.45) is 3.71. The lowest BCUT2D eigenvalue weighted by atomic mass is 10.2. The van der Waals surface area contributed by atoms with Crippen molar-refractivity contribution in [2.24, 2.45) is 5.10 Å². The Kier molecular flexibility index (Phi) is 3.87. The standard InChI is InChI=1S/C17H12BrN5S/c18-14-7-3-1-6-13(14)16-21-22-17(24)23(16)20-10-11-9-19-15-8-4-2-5-12(11)15/h1-10,19H,(H,22,24)/b20-10-. The molecule has 4 rings (SSSR count). The third kappa shape index (κ3) is 2.61. The molecule has 2 N–H and O–H groups in total. The molecule has 0 unspecified atom stereocenters. The molecule has 5 nitrogen and oxygen atoms in total. The van der Waals surface area contributed by atoms with Crippen LogP contribution in [0.25, 0.3) is 22.3 Å². The van der Waals surface area contributed by atoms with Crippen LogP contribution in [0.5, 0.6) is 0 Å². The number of aromatic amines is 2. The van der Waals surface area contributed by atoms with Gasteiger partial charge in [-0.2, -0.15) is 14.9 Å². The Morgan fingerprint density at radius 2 is 1.92 bits per heavy atom. The minimum absolute atomic E-state index is 0.442. The number of rotatable bonds is 3. The Morgan fingerprint density at radius 3 is 2.79 bits per heavy atom. The first-order valence-corrected chi connectivity index (χ1v) is 8.47. The summed E-state index contributed by atoms with van der Waals surface area (Å²) >= 11 is 8.86. The zero-order chi connectivity index (χ0) is 16.5. The Morgan fingerprint density at radius 1 is 1.12 bits per heavy atom. The molecule has 4 aromatic rings. The van der Waals surface area contributed by atoms with E-state index < -0.39 is 0 Å². The molecule has 2 aromatic heterocycles. The number of hydrogen-bond donors (Lipinski definition) is 2. The van der Waals surface area contributed by atoms with Gasteiger partial charge in [-0.3, -0.25) is 0 Å². The number of benzene rings is 2. The lowest BCUT2D eigenvalue weighted by Gasteiger charge is -2.03. The first-order chi connectivity index (χ1) is 11.7. The molecule has 0 bridgehead atoms. The second-order valence-electron chi connectivity index (χ2n) is 5.18. The maximum Gasteiger partial charge on any atom is 0.216 e. The molecule has 7 heteroatoms. The monoisotopic (exact) mass is 397 g/mol. The van der Waals surface area contributed by atoms with Gasteiger partial charge in [-0.15, -0.1) is 0 Å². The molecule has 2 aromatic carbocycles. The van der Waals surface area contributed by atoms with Crippen molar-refractivity contribution < 1.29 is 0 Å². The third-order valence-corrected chi connectivity index (χ3v) is 4.65. The van der Waals surface area contributed by atoms with E-state index in [4.69, 9.17) is 12.2 Å². The van der Waals surface area contributed by atoms with E-state index in [0.29, 0.717) is 10.6 Å². The van der Waals surface area contributed by atoms with Crippen molar-refractivity contribution in [3.05, 3.63) is 69.5 Å². The molecule has 24 heavy (non-hydrogen) atoms. The predicted molar refractivity (Wildman–Crippen MR) is 102 cm³/mol. The van der Waals surface area contributed by atoms with E-state index in [0.717, 1.165) is 26.5 Å². The van der Waals surface area contributed by atoms with Crippen LogP contribution in [0.3, 0.4) is 0 Å². The summed E-state index contributed by atoms with van der Waals surface area (Å²) in [5.41, 5.74) is 2.98.